The van der Waals surface area contributed by atoms with E-state index >= 15 is 0 Å². The number of rotatable bonds is 3. The minimum Gasteiger partial charge on any atom is -0.309 e. The molecule has 0 saturated carbocycles. The van der Waals surface area contributed by atoms with Crippen LogP contribution in [-0.2, 0) is 0 Å². The summed E-state index contributed by atoms with van der Waals surface area (Å²) in [6.07, 6.45) is 0. The van der Waals surface area contributed by atoms with E-state index < -0.39 is 0 Å². The van der Waals surface area contributed by atoms with Gasteiger partial charge in [-0.15, -0.1) is 0 Å². The zero-order valence-corrected chi connectivity index (χ0v) is 16.8. The molecular weight excluding hydrogens is 352 g/mol. The third-order valence-corrected chi connectivity index (χ3v) is 4.81. The molecule has 0 atom stereocenters. The van der Waals surface area contributed by atoms with Gasteiger partial charge in [0.2, 0.25) is 0 Å². The number of benzene rings is 4. The lowest BCUT2D eigenvalue weighted by Crippen LogP contribution is -2.11. The molecule has 29 heavy (non-hydrogen) atoms. The normalized spacial score (nSPS) is 10.4. The molecule has 2 heteroatoms. The topological polar surface area (TPSA) is 16.1 Å². The average molecular weight is 377 g/mol. The van der Waals surface area contributed by atoms with Gasteiger partial charge in [0.1, 0.15) is 0 Å². The summed E-state index contributed by atoms with van der Waals surface area (Å²) in [7, 11) is 0. The molecule has 0 bridgehead atoms. The lowest BCUT2D eigenvalue weighted by molar-refractivity contribution is 1.30. The minimum absolute atomic E-state index is 1.00. The summed E-state index contributed by atoms with van der Waals surface area (Å²) in [5.74, 6) is 0. The highest BCUT2D eigenvalue weighted by Gasteiger charge is 2.18. The number of anilines is 3. The number of pyridine rings is 1. The van der Waals surface area contributed by atoms with Crippen LogP contribution in [0.5, 0.6) is 0 Å². The van der Waals surface area contributed by atoms with Gasteiger partial charge in [0, 0.05) is 22.1 Å². The first-order valence-electron chi connectivity index (χ1n) is 10.1. The predicted octanol–water partition coefficient (Wildman–Crippen LogP) is 7.88. The van der Waals surface area contributed by atoms with Crippen molar-refractivity contribution in [2.24, 2.45) is 0 Å². The van der Waals surface area contributed by atoms with Crippen LogP contribution >= 0.6 is 0 Å². The van der Waals surface area contributed by atoms with Crippen LogP contribution < -0.4 is 4.90 Å². The van der Waals surface area contributed by atoms with Gasteiger partial charge in [-0.1, -0.05) is 86.6 Å². The Bertz CT molecular complexity index is 1120. The molecule has 0 amide bonds. The van der Waals surface area contributed by atoms with E-state index in [-0.39, 0.29) is 0 Å². The maximum atomic E-state index is 4.88. The molecule has 5 aromatic rings. The van der Waals surface area contributed by atoms with E-state index in [1.165, 1.54) is 0 Å². The number of nitrogens with zero attached hydrogens (tertiary/aromatic N) is 2. The summed E-state index contributed by atoms with van der Waals surface area (Å²) in [6, 6.07) is 37.7. The molecule has 1 aromatic heterocycles. The Balaban J connectivity index is 0.000000994. The highest BCUT2D eigenvalue weighted by atomic mass is 15.1. The summed E-state index contributed by atoms with van der Waals surface area (Å²) in [6.45, 7) is 4.00. The van der Waals surface area contributed by atoms with Crippen molar-refractivity contribution in [2.45, 2.75) is 13.8 Å². The molecule has 0 radical (unpaired) electrons. The molecule has 2 nitrogen and oxygen atoms in total. The van der Waals surface area contributed by atoms with E-state index in [9.17, 15) is 0 Å². The second kappa shape index (κ2) is 8.57. The molecule has 0 saturated heterocycles. The zero-order chi connectivity index (χ0) is 20.1. The molecule has 0 aliphatic heterocycles. The number of hydrogen-bond acceptors (Lipinski definition) is 2. The van der Waals surface area contributed by atoms with E-state index in [0.29, 0.717) is 0 Å². The molecule has 0 spiro atoms. The number of para-hydroxylation sites is 4. The van der Waals surface area contributed by atoms with Crippen molar-refractivity contribution in [2.75, 3.05) is 4.90 Å². The highest BCUT2D eigenvalue weighted by molar-refractivity contribution is 6.11. The van der Waals surface area contributed by atoms with E-state index in [2.05, 4.69) is 102 Å². The first kappa shape index (κ1) is 18.7. The molecule has 1 heterocycles. The third kappa shape index (κ3) is 3.57. The largest absolute Gasteiger partial charge is 0.309 e. The van der Waals surface area contributed by atoms with Gasteiger partial charge in [-0.25, -0.2) is 4.98 Å². The molecule has 142 valence electrons. The van der Waals surface area contributed by atoms with E-state index in [0.717, 1.165) is 38.9 Å². The predicted molar refractivity (Wildman–Crippen MR) is 125 cm³/mol. The first-order chi connectivity index (χ1) is 14.4. The van der Waals surface area contributed by atoms with Gasteiger partial charge < -0.3 is 4.90 Å². The molecule has 4 aromatic carbocycles. The van der Waals surface area contributed by atoms with Crippen molar-refractivity contribution in [1.82, 2.24) is 4.98 Å². The fourth-order valence-corrected chi connectivity index (χ4v) is 3.62. The molecule has 0 N–H and O–H groups in total. The SMILES string of the molecule is CC.c1ccc(N(c2ccccc2)c2c3ccccc3nc3ccccc23)cc1. The van der Waals surface area contributed by atoms with E-state index in [4.69, 9.17) is 4.98 Å². The fraction of sp³-hybridized carbons (Fsp3) is 0.0741. The van der Waals surface area contributed by atoms with E-state index in [1.54, 1.807) is 0 Å². The lowest BCUT2D eigenvalue weighted by atomic mass is 10.0. The van der Waals surface area contributed by atoms with Gasteiger partial charge in [-0.2, -0.15) is 0 Å². The number of hydrogen-bond donors (Lipinski definition) is 0. The Labute approximate surface area is 172 Å². The van der Waals surface area contributed by atoms with Gasteiger partial charge in [0.15, 0.2) is 0 Å². The lowest BCUT2D eigenvalue weighted by Gasteiger charge is -2.28. The Hall–Kier alpha value is -3.65. The summed E-state index contributed by atoms with van der Waals surface area (Å²) < 4.78 is 0. The van der Waals surface area contributed by atoms with Crippen molar-refractivity contribution >= 4 is 38.9 Å². The smallest absolute Gasteiger partial charge is 0.0730 e. The average Bonchev–Trinajstić information content (AvgIpc) is 2.81. The summed E-state index contributed by atoms with van der Waals surface area (Å²) in [5, 5.41) is 2.29. The standard InChI is InChI=1S/C25H18N2.C2H6/c1-3-11-19(12-4-1)27(20-13-5-2-6-14-20)25-21-15-7-9-17-23(21)26-24-18-10-8-16-22(24)25;1-2/h1-18H;1-2H3. The Kier molecular flexibility index (Phi) is 5.53. The van der Waals surface area contributed by atoms with Crippen LogP contribution in [0.25, 0.3) is 21.8 Å². The van der Waals surface area contributed by atoms with Gasteiger partial charge in [-0.3, -0.25) is 0 Å². The monoisotopic (exact) mass is 376 g/mol. The van der Waals surface area contributed by atoms with Gasteiger partial charge >= 0.3 is 0 Å². The van der Waals surface area contributed by atoms with Crippen LogP contribution in [-0.4, -0.2) is 4.98 Å². The first-order valence-corrected chi connectivity index (χ1v) is 10.1. The van der Waals surface area contributed by atoms with Crippen molar-refractivity contribution in [3.63, 3.8) is 0 Å². The summed E-state index contributed by atoms with van der Waals surface area (Å²) >= 11 is 0. The molecule has 0 unspecified atom stereocenters. The molecule has 0 aliphatic rings. The third-order valence-electron chi connectivity index (χ3n) is 4.81. The Morgan fingerprint density at radius 3 is 1.31 bits per heavy atom. The van der Waals surface area contributed by atoms with Gasteiger partial charge in [-0.05, 0) is 36.4 Å². The maximum Gasteiger partial charge on any atom is 0.0730 e. The molecule has 0 fully saturated rings. The van der Waals surface area contributed by atoms with Crippen LogP contribution in [0.15, 0.2) is 109 Å². The van der Waals surface area contributed by atoms with Crippen LogP contribution in [0.3, 0.4) is 0 Å². The maximum absolute atomic E-state index is 4.88. The van der Waals surface area contributed by atoms with Crippen molar-refractivity contribution in [1.29, 1.82) is 0 Å². The number of fused-ring (bicyclic) bond motifs is 2. The molecule has 0 aliphatic carbocycles. The summed E-state index contributed by atoms with van der Waals surface area (Å²) in [4.78, 5) is 7.21. The minimum atomic E-state index is 1.00. The van der Waals surface area contributed by atoms with Gasteiger partial charge in [0.05, 0.1) is 16.7 Å². The van der Waals surface area contributed by atoms with Crippen LogP contribution in [0.4, 0.5) is 17.1 Å². The Morgan fingerprint density at radius 2 is 0.862 bits per heavy atom. The number of aromatic nitrogens is 1. The zero-order valence-electron chi connectivity index (χ0n) is 16.8. The van der Waals surface area contributed by atoms with Gasteiger partial charge in [0.25, 0.3) is 0 Å². The molecule has 5 rings (SSSR count). The van der Waals surface area contributed by atoms with E-state index in [1.807, 2.05) is 26.0 Å². The second-order valence-corrected chi connectivity index (χ2v) is 6.50. The van der Waals surface area contributed by atoms with Crippen LogP contribution in [0, 0.1) is 0 Å². The molecular formula is C27H24N2. The summed E-state index contributed by atoms with van der Waals surface area (Å²) in [5.41, 5.74) is 5.43. The van der Waals surface area contributed by atoms with Crippen molar-refractivity contribution in [3.05, 3.63) is 109 Å². The Morgan fingerprint density at radius 1 is 0.483 bits per heavy atom. The fourth-order valence-electron chi connectivity index (χ4n) is 3.62. The quantitative estimate of drug-likeness (QED) is 0.298. The second-order valence-electron chi connectivity index (χ2n) is 6.50. The van der Waals surface area contributed by atoms with Crippen LogP contribution in [0.2, 0.25) is 0 Å². The van der Waals surface area contributed by atoms with Crippen LogP contribution in [0.1, 0.15) is 13.8 Å². The van der Waals surface area contributed by atoms with Crippen molar-refractivity contribution < 1.29 is 0 Å². The van der Waals surface area contributed by atoms with Crippen molar-refractivity contribution in [3.8, 4) is 0 Å². The highest BCUT2D eigenvalue weighted by Crippen LogP contribution is 2.42.